The van der Waals surface area contributed by atoms with Crippen LogP contribution in [0.5, 0.6) is 0 Å². The first kappa shape index (κ1) is 16.6. The smallest absolute Gasteiger partial charge is 0.238 e. The van der Waals surface area contributed by atoms with Gasteiger partial charge in [-0.25, -0.2) is 4.98 Å². The topological polar surface area (TPSA) is 38.1 Å². The van der Waals surface area contributed by atoms with E-state index in [2.05, 4.69) is 27.8 Å². The molecule has 0 bridgehead atoms. The Hall–Kier alpha value is -1.81. The fourth-order valence-electron chi connectivity index (χ4n) is 4.18. The third kappa shape index (κ3) is 3.45. The molecule has 5 heteroatoms. The Morgan fingerprint density at radius 1 is 1.24 bits per heavy atom. The van der Waals surface area contributed by atoms with Gasteiger partial charge in [-0.1, -0.05) is 18.2 Å². The number of hydrogen-bond donors (Lipinski definition) is 0. The van der Waals surface area contributed by atoms with Crippen molar-refractivity contribution in [1.29, 1.82) is 0 Å². The molecule has 0 fully saturated rings. The molecular formula is C20H24ClN3O. The van der Waals surface area contributed by atoms with Gasteiger partial charge >= 0.3 is 0 Å². The maximum atomic E-state index is 12.5. The maximum absolute atomic E-state index is 12.5. The number of rotatable bonds is 4. The van der Waals surface area contributed by atoms with E-state index in [-0.39, 0.29) is 17.8 Å². The van der Waals surface area contributed by atoms with Crippen molar-refractivity contribution in [2.75, 3.05) is 5.88 Å². The van der Waals surface area contributed by atoms with Crippen molar-refractivity contribution in [2.45, 2.75) is 57.7 Å². The van der Waals surface area contributed by atoms with Crippen molar-refractivity contribution in [1.82, 2.24) is 14.5 Å². The van der Waals surface area contributed by atoms with Gasteiger partial charge in [-0.05, 0) is 48.8 Å². The van der Waals surface area contributed by atoms with Crippen LogP contribution in [0, 0.1) is 0 Å². The van der Waals surface area contributed by atoms with E-state index in [1.54, 1.807) is 0 Å². The zero-order chi connectivity index (χ0) is 17.2. The number of hydrogen-bond acceptors (Lipinski definition) is 2. The summed E-state index contributed by atoms with van der Waals surface area (Å²) >= 11 is 5.92. The molecule has 0 spiro atoms. The van der Waals surface area contributed by atoms with E-state index in [0.29, 0.717) is 6.54 Å². The van der Waals surface area contributed by atoms with Gasteiger partial charge in [0.25, 0.3) is 0 Å². The summed E-state index contributed by atoms with van der Waals surface area (Å²) in [5.74, 6) is 1.18. The highest BCUT2D eigenvalue weighted by atomic mass is 35.5. The van der Waals surface area contributed by atoms with Gasteiger partial charge in [0.15, 0.2) is 0 Å². The van der Waals surface area contributed by atoms with Crippen LogP contribution in [0.1, 0.15) is 41.8 Å². The molecule has 0 N–H and O–H groups in total. The van der Waals surface area contributed by atoms with Gasteiger partial charge in [-0.3, -0.25) is 4.79 Å². The Balaban J connectivity index is 1.55. The third-order valence-corrected chi connectivity index (χ3v) is 5.78. The Kier molecular flexibility index (Phi) is 4.80. The average molecular weight is 358 g/mol. The van der Waals surface area contributed by atoms with Gasteiger partial charge < -0.3 is 9.47 Å². The number of fused-ring (bicyclic) bond motifs is 2. The van der Waals surface area contributed by atoms with Gasteiger partial charge in [0.2, 0.25) is 5.91 Å². The van der Waals surface area contributed by atoms with Gasteiger partial charge in [0, 0.05) is 31.9 Å². The standard InChI is InChI=1S/C20H24ClN3O/c21-12-20(25)24(18-7-8-19-22-9-10-23(19)14-18)13-15-5-6-16-3-1-2-4-17(16)11-15/h5-6,9-11,18H,1-4,7-8,12-14H2. The summed E-state index contributed by atoms with van der Waals surface area (Å²) in [4.78, 5) is 18.9. The number of nitrogens with zero attached hydrogens (tertiary/aromatic N) is 3. The minimum atomic E-state index is 0.0213. The highest BCUT2D eigenvalue weighted by Gasteiger charge is 2.28. The second-order valence-electron chi connectivity index (χ2n) is 7.15. The minimum Gasteiger partial charge on any atom is -0.333 e. The van der Waals surface area contributed by atoms with E-state index in [0.717, 1.165) is 31.6 Å². The van der Waals surface area contributed by atoms with Crippen LogP contribution < -0.4 is 0 Å². The van der Waals surface area contributed by atoms with Crippen LogP contribution in [0.4, 0.5) is 0 Å². The molecule has 1 aliphatic heterocycles. The monoisotopic (exact) mass is 357 g/mol. The maximum Gasteiger partial charge on any atom is 0.238 e. The molecule has 2 aromatic rings. The molecule has 2 heterocycles. The first-order chi connectivity index (χ1) is 12.2. The quantitative estimate of drug-likeness (QED) is 0.787. The number of carbonyl (C=O) groups excluding carboxylic acids is 1. The molecule has 1 unspecified atom stereocenters. The number of halogens is 1. The Labute approximate surface area is 153 Å². The van der Waals surface area contributed by atoms with Crippen LogP contribution >= 0.6 is 11.6 Å². The molecular weight excluding hydrogens is 334 g/mol. The highest BCUT2D eigenvalue weighted by molar-refractivity contribution is 6.27. The lowest BCUT2D eigenvalue weighted by Crippen LogP contribution is -2.45. The summed E-state index contributed by atoms with van der Waals surface area (Å²) in [7, 11) is 0. The molecule has 1 aromatic carbocycles. The number of amides is 1. The van der Waals surface area contributed by atoms with Crippen molar-refractivity contribution in [3.05, 3.63) is 53.1 Å². The molecule has 0 saturated heterocycles. The third-order valence-electron chi connectivity index (χ3n) is 5.55. The lowest BCUT2D eigenvalue weighted by molar-refractivity contribution is -0.132. The second kappa shape index (κ2) is 7.20. The van der Waals surface area contributed by atoms with E-state index >= 15 is 0 Å². The number of carbonyl (C=O) groups is 1. The Morgan fingerprint density at radius 2 is 2.08 bits per heavy atom. The zero-order valence-electron chi connectivity index (χ0n) is 14.5. The van der Waals surface area contributed by atoms with Gasteiger partial charge in [-0.15, -0.1) is 11.6 Å². The fourth-order valence-corrected chi connectivity index (χ4v) is 4.34. The first-order valence-electron chi connectivity index (χ1n) is 9.20. The SMILES string of the molecule is O=C(CCl)N(Cc1ccc2c(c1)CCCC2)C1CCc2nccn2C1. The van der Waals surface area contributed by atoms with Crippen molar-refractivity contribution in [3.8, 4) is 0 Å². The Bertz CT molecular complexity index is 770. The largest absolute Gasteiger partial charge is 0.333 e. The van der Waals surface area contributed by atoms with E-state index in [1.165, 1.54) is 36.0 Å². The number of benzene rings is 1. The zero-order valence-corrected chi connectivity index (χ0v) is 15.2. The normalized spacial score (nSPS) is 19.2. The molecule has 132 valence electrons. The van der Waals surface area contributed by atoms with E-state index in [1.807, 2.05) is 17.3 Å². The van der Waals surface area contributed by atoms with Crippen LogP contribution in [-0.4, -0.2) is 32.3 Å². The summed E-state index contributed by atoms with van der Waals surface area (Å²) in [6.07, 6.45) is 10.6. The van der Waals surface area contributed by atoms with Crippen molar-refractivity contribution in [2.24, 2.45) is 0 Å². The number of alkyl halides is 1. The molecule has 2 aliphatic rings. The number of aromatic nitrogens is 2. The molecule has 1 atom stereocenters. The molecule has 0 radical (unpaired) electrons. The minimum absolute atomic E-state index is 0.0213. The van der Waals surface area contributed by atoms with Gasteiger partial charge in [0.05, 0.1) is 6.04 Å². The number of aryl methyl sites for hydroxylation is 3. The second-order valence-corrected chi connectivity index (χ2v) is 7.42. The summed E-state index contributed by atoms with van der Waals surface area (Å²) in [5, 5.41) is 0. The van der Waals surface area contributed by atoms with Crippen LogP contribution in [0.25, 0.3) is 0 Å². The molecule has 4 rings (SSSR count). The molecule has 25 heavy (non-hydrogen) atoms. The Morgan fingerprint density at radius 3 is 2.92 bits per heavy atom. The fraction of sp³-hybridized carbons (Fsp3) is 0.500. The summed E-state index contributed by atoms with van der Waals surface area (Å²) in [6, 6.07) is 6.92. The molecule has 4 nitrogen and oxygen atoms in total. The lowest BCUT2D eigenvalue weighted by atomic mass is 9.90. The average Bonchev–Trinajstić information content (AvgIpc) is 3.13. The predicted molar refractivity (Wildman–Crippen MR) is 98.7 cm³/mol. The summed E-state index contributed by atoms with van der Waals surface area (Å²) in [5.41, 5.74) is 4.16. The molecule has 1 amide bonds. The van der Waals surface area contributed by atoms with Crippen LogP contribution in [0.15, 0.2) is 30.6 Å². The van der Waals surface area contributed by atoms with Crippen LogP contribution in [-0.2, 0) is 37.1 Å². The van der Waals surface area contributed by atoms with Gasteiger partial charge in [-0.2, -0.15) is 0 Å². The number of imidazole rings is 1. The van der Waals surface area contributed by atoms with E-state index in [9.17, 15) is 4.79 Å². The van der Waals surface area contributed by atoms with Crippen LogP contribution in [0.3, 0.4) is 0 Å². The first-order valence-corrected chi connectivity index (χ1v) is 9.74. The highest BCUT2D eigenvalue weighted by Crippen LogP contribution is 2.25. The summed E-state index contributed by atoms with van der Waals surface area (Å²) < 4.78 is 2.16. The molecule has 0 saturated carbocycles. The van der Waals surface area contributed by atoms with Gasteiger partial charge in [0.1, 0.15) is 11.7 Å². The van der Waals surface area contributed by atoms with E-state index in [4.69, 9.17) is 11.6 Å². The molecule has 1 aliphatic carbocycles. The van der Waals surface area contributed by atoms with Crippen molar-refractivity contribution >= 4 is 17.5 Å². The van der Waals surface area contributed by atoms with Crippen LogP contribution in [0.2, 0.25) is 0 Å². The van der Waals surface area contributed by atoms with Crippen molar-refractivity contribution in [3.63, 3.8) is 0 Å². The molecule has 1 aromatic heterocycles. The van der Waals surface area contributed by atoms with E-state index < -0.39 is 0 Å². The predicted octanol–water partition coefficient (Wildman–Crippen LogP) is 3.34. The summed E-state index contributed by atoms with van der Waals surface area (Å²) in [6.45, 7) is 1.45. The van der Waals surface area contributed by atoms with Crippen molar-refractivity contribution < 1.29 is 4.79 Å². The lowest BCUT2D eigenvalue weighted by Gasteiger charge is -2.35.